The Morgan fingerprint density at radius 1 is 1.05 bits per heavy atom. The molecule has 0 saturated carbocycles. The summed E-state index contributed by atoms with van der Waals surface area (Å²) in [6.07, 6.45) is 7.22. The van der Waals surface area contributed by atoms with Crippen LogP contribution in [0.1, 0.15) is 36.8 Å². The number of hydrogen-bond donors (Lipinski definition) is 1. The largest absolute Gasteiger partial charge is 0.383 e. The van der Waals surface area contributed by atoms with Gasteiger partial charge in [0.2, 0.25) is 0 Å². The Morgan fingerprint density at radius 3 is 2.38 bits per heavy atom. The van der Waals surface area contributed by atoms with Gasteiger partial charge < -0.3 is 5.73 Å². The van der Waals surface area contributed by atoms with Gasteiger partial charge in [-0.25, -0.2) is 4.68 Å². The number of nitrogens with two attached hydrogens (primary N) is 1. The number of aromatic nitrogens is 2. The van der Waals surface area contributed by atoms with Crippen molar-refractivity contribution in [3.63, 3.8) is 0 Å². The van der Waals surface area contributed by atoms with E-state index in [-0.39, 0.29) is 0 Å². The van der Waals surface area contributed by atoms with E-state index >= 15 is 0 Å². The van der Waals surface area contributed by atoms with Crippen LogP contribution in [0.15, 0.2) is 30.5 Å². The molecular formula is C17H24N4. The highest BCUT2D eigenvalue weighted by Gasteiger charge is 2.14. The maximum absolute atomic E-state index is 6.30. The summed E-state index contributed by atoms with van der Waals surface area (Å²) in [7, 11) is 0. The molecule has 0 radical (unpaired) electrons. The molecule has 0 unspecified atom stereocenters. The quantitative estimate of drug-likeness (QED) is 0.942. The third-order valence-corrected chi connectivity index (χ3v) is 4.26. The Bertz CT molecular complexity index is 577. The fourth-order valence-corrected chi connectivity index (χ4v) is 2.94. The van der Waals surface area contributed by atoms with Crippen molar-refractivity contribution in [2.24, 2.45) is 0 Å². The van der Waals surface area contributed by atoms with Crippen LogP contribution in [0.4, 0.5) is 5.82 Å². The molecule has 0 spiro atoms. The highest BCUT2D eigenvalue weighted by atomic mass is 15.3. The van der Waals surface area contributed by atoms with E-state index in [2.05, 4.69) is 41.2 Å². The number of nitrogen functional groups attached to an aromatic ring is 1. The van der Waals surface area contributed by atoms with Crippen molar-refractivity contribution in [3.8, 4) is 5.69 Å². The molecule has 2 N–H and O–H groups in total. The second-order valence-electron chi connectivity index (χ2n) is 5.99. The predicted molar refractivity (Wildman–Crippen MR) is 86.5 cm³/mol. The molecule has 0 amide bonds. The molecule has 1 saturated heterocycles. The Labute approximate surface area is 126 Å². The second-order valence-corrected chi connectivity index (χ2v) is 5.99. The lowest BCUT2D eigenvalue weighted by atomic mass is 10.2. The summed E-state index contributed by atoms with van der Waals surface area (Å²) in [5.41, 5.74) is 9.71. The molecule has 1 aromatic heterocycles. The lowest BCUT2D eigenvalue weighted by Gasteiger charge is -2.19. The molecule has 4 heteroatoms. The van der Waals surface area contributed by atoms with Gasteiger partial charge in [-0.1, -0.05) is 30.5 Å². The van der Waals surface area contributed by atoms with Crippen LogP contribution in [-0.4, -0.2) is 27.8 Å². The maximum Gasteiger partial charge on any atom is 0.131 e. The zero-order valence-electron chi connectivity index (χ0n) is 12.8. The van der Waals surface area contributed by atoms with E-state index in [1.807, 2.05) is 10.9 Å². The van der Waals surface area contributed by atoms with Crippen LogP contribution in [0.2, 0.25) is 0 Å². The summed E-state index contributed by atoms with van der Waals surface area (Å²) in [6.45, 7) is 5.35. The molecule has 2 heterocycles. The molecule has 0 aliphatic carbocycles. The molecule has 112 valence electrons. The molecule has 0 bridgehead atoms. The number of rotatable bonds is 3. The van der Waals surface area contributed by atoms with Gasteiger partial charge in [0.25, 0.3) is 0 Å². The van der Waals surface area contributed by atoms with Crippen LogP contribution in [-0.2, 0) is 6.54 Å². The monoisotopic (exact) mass is 284 g/mol. The molecule has 2 aromatic rings. The summed E-state index contributed by atoms with van der Waals surface area (Å²) >= 11 is 0. The fraction of sp³-hybridized carbons (Fsp3) is 0.471. The van der Waals surface area contributed by atoms with Crippen LogP contribution in [0.25, 0.3) is 5.69 Å². The summed E-state index contributed by atoms with van der Waals surface area (Å²) < 4.78 is 1.84. The Balaban J connectivity index is 1.77. The van der Waals surface area contributed by atoms with Crippen molar-refractivity contribution in [1.82, 2.24) is 14.7 Å². The Morgan fingerprint density at radius 2 is 1.71 bits per heavy atom. The van der Waals surface area contributed by atoms with Gasteiger partial charge in [0.1, 0.15) is 5.82 Å². The Kier molecular flexibility index (Phi) is 4.25. The number of likely N-dealkylation sites (tertiary alicyclic amines) is 1. The summed E-state index contributed by atoms with van der Waals surface area (Å²) in [4.78, 5) is 2.50. The standard InChI is InChI=1S/C17H24N4/c1-14-6-8-16(9-7-14)21-17(18)15(12-19-21)13-20-10-4-2-3-5-11-20/h6-9,12H,2-5,10-11,13,18H2,1H3. The summed E-state index contributed by atoms with van der Waals surface area (Å²) in [5.74, 6) is 0.767. The smallest absolute Gasteiger partial charge is 0.131 e. The van der Waals surface area contributed by atoms with E-state index in [9.17, 15) is 0 Å². The molecule has 21 heavy (non-hydrogen) atoms. The zero-order chi connectivity index (χ0) is 14.7. The van der Waals surface area contributed by atoms with E-state index in [0.29, 0.717) is 0 Å². The number of nitrogens with zero attached hydrogens (tertiary/aromatic N) is 3. The first kappa shape index (κ1) is 14.1. The lowest BCUT2D eigenvalue weighted by molar-refractivity contribution is 0.277. The van der Waals surface area contributed by atoms with Gasteiger partial charge in [-0.2, -0.15) is 5.10 Å². The average molecular weight is 284 g/mol. The molecule has 3 rings (SSSR count). The normalized spacial score (nSPS) is 16.8. The number of aryl methyl sites for hydroxylation is 1. The van der Waals surface area contributed by atoms with Gasteiger partial charge in [-0.05, 0) is 45.0 Å². The number of anilines is 1. The van der Waals surface area contributed by atoms with E-state index in [0.717, 1.165) is 23.6 Å². The number of benzene rings is 1. The minimum absolute atomic E-state index is 0.767. The van der Waals surface area contributed by atoms with Gasteiger partial charge in [-0.3, -0.25) is 4.90 Å². The minimum Gasteiger partial charge on any atom is -0.383 e. The first-order valence-corrected chi connectivity index (χ1v) is 7.86. The number of hydrogen-bond acceptors (Lipinski definition) is 3. The van der Waals surface area contributed by atoms with Crippen molar-refractivity contribution in [2.75, 3.05) is 18.8 Å². The molecule has 0 atom stereocenters. The van der Waals surface area contributed by atoms with Crippen molar-refractivity contribution >= 4 is 5.82 Å². The lowest BCUT2D eigenvalue weighted by Crippen LogP contribution is -2.24. The van der Waals surface area contributed by atoms with Gasteiger partial charge >= 0.3 is 0 Å². The third kappa shape index (κ3) is 3.27. The molecule has 1 fully saturated rings. The van der Waals surface area contributed by atoms with Crippen molar-refractivity contribution in [2.45, 2.75) is 39.2 Å². The summed E-state index contributed by atoms with van der Waals surface area (Å²) in [6, 6.07) is 8.30. The molecule has 1 aromatic carbocycles. The van der Waals surface area contributed by atoms with Crippen molar-refractivity contribution in [3.05, 3.63) is 41.6 Å². The van der Waals surface area contributed by atoms with E-state index in [4.69, 9.17) is 5.73 Å². The first-order valence-electron chi connectivity index (χ1n) is 7.86. The minimum atomic E-state index is 0.767. The third-order valence-electron chi connectivity index (χ3n) is 4.26. The topological polar surface area (TPSA) is 47.1 Å². The van der Waals surface area contributed by atoms with E-state index < -0.39 is 0 Å². The fourth-order valence-electron chi connectivity index (χ4n) is 2.94. The molecule has 1 aliphatic rings. The van der Waals surface area contributed by atoms with Gasteiger partial charge in [0.15, 0.2) is 0 Å². The van der Waals surface area contributed by atoms with Crippen LogP contribution < -0.4 is 5.73 Å². The van der Waals surface area contributed by atoms with Crippen LogP contribution in [0.5, 0.6) is 0 Å². The summed E-state index contributed by atoms with van der Waals surface area (Å²) in [5, 5.41) is 4.47. The SMILES string of the molecule is Cc1ccc(-n2ncc(CN3CCCCCC3)c2N)cc1. The molecular weight excluding hydrogens is 260 g/mol. The predicted octanol–water partition coefficient (Wildman–Crippen LogP) is 3.14. The van der Waals surface area contributed by atoms with Crippen LogP contribution >= 0.6 is 0 Å². The second kappa shape index (κ2) is 6.31. The van der Waals surface area contributed by atoms with Crippen molar-refractivity contribution < 1.29 is 0 Å². The highest BCUT2D eigenvalue weighted by molar-refractivity contribution is 5.47. The zero-order valence-corrected chi connectivity index (χ0v) is 12.8. The maximum atomic E-state index is 6.30. The van der Waals surface area contributed by atoms with E-state index in [1.54, 1.807) is 0 Å². The van der Waals surface area contributed by atoms with E-state index in [1.165, 1.54) is 44.3 Å². The Hall–Kier alpha value is -1.81. The van der Waals surface area contributed by atoms with Gasteiger partial charge in [0.05, 0.1) is 11.9 Å². The van der Waals surface area contributed by atoms with Crippen molar-refractivity contribution in [1.29, 1.82) is 0 Å². The van der Waals surface area contributed by atoms with Crippen LogP contribution in [0.3, 0.4) is 0 Å². The first-order chi connectivity index (χ1) is 10.2. The van der Waals surface area contributed by atoms with Gasteiger partial charge in [-0.15, -0.1) is 0 Å². The van der Waals surface area contributed by atoms with Gasteiger partial charge in [0, 0.05) is 12.1 Å². The highest BCUT2D eigenvalue weighted by Crippen LogP contribution is 2.20. The van der Waals surface area contributed by atoms with Crippen LogP contribution in [0, 0.1) is 6.92 Å². The average Bonchev–Trinajstić information content (AvgIpc) is 2.70. The molecule has 4 nitrogen and oxygen atoms in total. The molecule has 1 aliphatic heterocycles.